The van der Waals surface area contributed by atoms with Crippen molar-refractivity contribution in [2.24, 2.45) is 5.92 Å². The number of methoxy groups -OCH3 is 1. The van der Waals surface area contributed by atoms with Gasteiger partial charge in [-0.15, -0.1) is 0 Å². The van der Waals surface area contributed by atoms with Gasteiger partial charge in [0.05, 0.1) is 23.5 Å². The molecule has 1 saturated heterocycles. The number of amides is 1. The second kappa shape index (κ2) is 8.41. The van der Waals surface area contributed by atoms with Crippen molar-refractivity contribution in [2.45, 2.75) is 19.8 Å². The van der Waals surface area contributed by atoms with Crippen LogP contribution in [0.2, 0.25) is 0 Å². The molecule has 0 aromatic heterocycles. The number of ether oxygens (including phenoxy) is 2. The van der Waals surface area contributed by atoms with E-state index in [-0.39, 0.29) is 34.6 Å². The fraction of sp³-hybridized carbons (Fsp3) is 0.471. The van der Waals surface area contributed by atoms with Crippen molar-refractivity contribution in [3.05, 3.63) is 39.4 Å². The van der Waals surface area contributed by atoms with Gasteiger partial charge in [0.1, 0.15) is 0 Å². The zero-order valence-corrected chi connectivity index (χ0v) is 14.6. The molecular weight excluding hydrogens is 344 g/mol. The largest absolute Gasteiger partial charge is 0.469 e. The maximum absolute atomic E-state index is 12.2. The van der Waals surface area contributed by atoms with Gasteiger partial charge in [0.2, 0.25) is 0 Å². The lowest BCUT2D eigenvalue weighted by atomic mass is 9.97. The first kappa shape index (κ1) is 19.4. The molecule has 1 aromatic rings. The molecule has 1 aromatic carbocycles. The first-order chi connectivity index (χ1) is 12.3. The van der Waals surface area contributed by atoms with Crippen LogP contribution < -0.4 is 0 Å². The highest BCUT2D eigenvalue weighted by atomic mass is 16.6. The summed E-state index contributed by atoms with van der Waals surface area (Å²) in [5, 5.41) is 10.9. The minimum atomic E-state index is -0.788. The van der Waals surface area contributed by atoms with Crippen molar-refractivity contribution >= 4 is 23.5 Å². The van der Waals surface area contributed by atoms with Gasteiger partial charge in [0, 0.05) is 24.7 Å². The zero-order valence-electron chi connectivity index (χ0n) is 14.6. The van der Waals surface area contributed by atoms with Crippen LogP contribution in [0, 0.1) is 23.0 Å². The summed E-state index contributed by atoms with van der Waals surface area (Å²) in [5.41, 5.74) is 0.0564. The van der Waals surface area contributed by atoms with E-state index in [4.69, 9.17) is 9.47 Å². The molecule has 1 fully saturated rings. The molecule has 0 atom stereocenters. The summed E-state index contributed by atoms with van der Waals surface area (Å²) >= 11 is 0. The van der Waals surface area contributed by atoms with Gasteiger partial charge in [-0.1, -0.05) is 6.07 Å². The maximum atomic E-state index is 12.2. The second-order valence-electron chi connectivity index (χ2n) is 5.96. The average molecular weight is 364 g/mol. The van der Waals surface area contributed by atoms with Gasteiger partial charge in [-0.25, -0.2) is 4.79 Å². The number of hydrogen-bond acceptors (Lipinski definition) is 7. The summed E-state index contributed by atoms with van der Waals surface area (Å²) in [4.78, 5) is 47.6. The van der Waals surface area contributed by atoms with E-state index in [1.165, 1.54) is 37.1 Å². The SMILES string of the molecule is COC(=O)C1CCN(C(=O)COC(=O)c2cccc([N+](=O)[O-])c2C)CC1. The molecule has 0 spiro atoms. The fourth-order valence-electron chi connectivity index (χ4n) is 2.87. The zero-order chi connectivity index (χ0) is 19.3. The molecule has 0 radical (unpaired) electrons. The van der Waals surface area contributed by atoms with Crippen LogP contribution >= 0.6 is 0 Å². The van der Waals surface area contributed by atoms with Gasteiger partial charge in [-0.05, 0) is 25.8 Å². The van der Waals surface area contributed by atoms with E-state index in [1.807, 2.05) is 0 Å². The highest BCUT2D eigenvalue weighted by Gasteiger charge is 2.28. The number of piperidine rings is 1. The van der Waals surface area contributed by atoms with Crippen LogP contribution in [0.4, 0.5) is 5.69 Å². The minimum absolute atomic E-state index is 0.0522. The van der Waals surface area contributed by atoms with Gasteiger partial charge < -0.3 is 14.4 Å². The second-order valence-corrected chi connectivity index (χ2v) is 5.96. The molecule has 0 unspecified atom stereocenters. The summed E-state index contributed by atoms with van der Waals surface area (Å²) in [7, 11) is 1.33. The van der Waals surface area contributed by atoms with E-state index in [0.29, 0.717) is 25.9 Å². The monoisotopic (exact) mass is 364 g/mol. The van der Waals surface area contributed by atoms with Gasteiger partial charge in [-0.3, -0.25) is 19.7 Å². The van der Waals surface area contributed by atoms with Gasteiger partial charge in [0.25, 0.3) is 11.6 Å². The van der Waals surface area contributed by atoms with Crippen molar-refractivity contribution in [3.63, 3.8) is 0 Å². The predicted molar refractivity (Wildman–Crippen MR) is 89.4 cm³/mol. The first-order valence-corrected chi connectivity index (χ1v) is 8.12. The Morgan fingerprint density at radius 2 is 1.92 bits per heavy atom. The normalized spacial score (nSPS) is 14.6. The summed E-state index contributed by atoms with van der Waals surface area (Å²) in [5.74, 6) is -1.67. The van der Waals surface area contributed by atoms with E-state index in [0.717, 1.165) is 0 Å². The number of carbonyl (C=O) groups excluding carboxylic acids is 3. The van der Waals surface area contributed by atoms with E-state index in [9.17, 15) is 24.5 Å². The summed E-state index contributed by atoms with van der Waals surface area (Å²) < 4.78 is 9.70. The minimum Gasteiger partial charge on any atom is -0.469 e. The Bertz CT molecular complexity index is 724. The van der Waals surface area contributed by atoms with Gasteiger partial charge in [-0.2, -0.15) is 0 Å². The van der Waals surface area contributed by atoms with Crippen LogP contribution in [0.3, 0.4) is 0 Å². The van der Waals surface area contributed by atoms with E-state index in [2.05, 4.69) is 0 Å². The molecule has 0 saturated carbocycles. The Hall–Kier alpha value is -2.97. The Kier molecular flexibility index (Phi) is 6.26. The number of esters is 2. The molecule has 1 heterocycles. The Morgan fingerprint density at radius 3 is 2.50 bits per heavy atom. The van der Waals surface area contributed by atoms with E-state index in [1.54, 1.807) is 0 Å². The quantitative estimate of drug-likeness (QED) is 0.441. The van der Waals surface area contributed by atoms with Crippen LogP contribution in [0.5, 0.6) is 0 Å². The Morgan fingerprint density at radius 1 is 1.27 bits per heavy atom. The molecular formula is C17H20N2O7. The molecule has 140 valence electrons. The number of rotatable bonds is 5. The third-order valence-electron chi connectivity index (χ3n) is 4.43. The first-order valence-electron chi connectivity index (χ1n) is 8.12. The summed E-state index contributed by atoms with van der Waals surface area (Å²) in [6.45, 7) is 1.76. The number of nitro groups is 1. The topological polar surface area (TPSA) is 116 Å². The van der Waals surface area contributed by atoms with Crippen LogP contribution in [-0.2, 0) is 19.1 Å². The lowest BCUT2D eigenvalue weighted by Crippen LogP contribution is -2.42. The molecule has 2 rings (SSSR count). The van der Waals surface area contributed by atoms with Crippen molar-refractivity contribution in [3.8, 4) is 0 Å². The van der Waals surface area contributed by atoms with Crippen molar-refractivity contribution in [2.75, 3.05) is 26.8 Å². The summed E-state index contributed by atoms with van der Waals surface area (Å²) in [6.07, 6.45) is 0.993. The molecule has 0 aliphatic carbocycles. The van der Waals surface area contributed by atoms with Crippen LogP contribution in [-0.4, -0.2) is 54.5 Å². The number of nitrogens with zero attached hydrogens (tertiary/aromatic N) is 2. The van der Waals surface area contributed by atoms with Crippen LogP contribution in [0.1, 0.15) is 28.8 Å². The van der Waals surface area contributed by atoms with E-state index >= 15 is 0 Å². The molecule has 1 aliphatic rings. The highest BCUT2D eigenvalue weighted by molar-refractivity contribution is 5.93. The molecule has 1 aliphatic heterocycles. The number of carbonyl (C=O) groups is 3. The highest BCUT2D eigenvalue weighted by Crippen LogP contribution is 2.22. The molecule has 0 N–H and O–H groups in total. The van der Waals surface area contributed by atoms with E-state index < -0.39 is 17.5 Å². The maximum Gasteiger partial charge on any atom is 0.339 e. The molecule has 9 heteroatoms. The number of benzene rings is 1. The number of hydrogen-bond donors (Lipinski definition) is 0. The molecule has 0 bridgehead atoms. The van der Waals surface area contributed by atoms with Crippen molar-refractivity contribution in [1.29, 1.82) is 0 Å². The third kappa shape index (κ3) is 4.35. The van der Waals surface area contributed by atoms with Crippen molar-refractivity contribution < 1.29 is 28.8 Å². The lowest BCUT2D eigenvalue weighted by molar-refractivity contribution is -0.385. The van der Waals surface area contributed by atoms with Crippen LogP contribution in [0.25, 0.3) is 0 Å². The average Bonchev–Trinajstić information content (AvgIpc) is 2.65. The Balaban J connectivity index is 1.90. The molecule has 9 nitrogen and oxygen atoms in total. The smallest absolute Gasteiger partial charge is 0.339 e. The Labute approximate surface area is 150 Å². The van der Waals surface area contributed by atoms with Crippen LogP contribution in [0.15, 0.2) is 18.2 Å². The predicted octanol–water partition coefficient (Wildman–Crippen LogP) is 1.47. The lowest BCUT2D eigenvalue weighted by Gasteiger charge is -2.30. The molecule has 1 amide bonds. The summed E-state index contributed by atoms with van der Waals surface area (Å²) in [6, 6.07) is 4.10. The molecule has 26 heavy (non-hydrogen) atoms. The van der Waals surface area contributed by atoms with Gasteiger partial charge in [0.15, 0.2) is 6.61 Å². The standard InChI is InChI=1S/C17H20N2O7/c1-11-13(4-3-5-14(11)19(23)24)17(22)26-10-15(20)18-8-6-12(7-9-18)16(21)25-2/h3-5,12H,6-10H2,1-2H3. The fourth-order valence-corrected chi connectivity index (χ4v) is 2.87. The van der Waals surface area contributed by atoms with Gasteiger partial charge >= 0.3 is 11.9 Å². The third-order valence-corrected chi connectivity index (χ3v) is 4.43. The number of nitro benzene ring substituents is 1. The van der Waals surface area contributed by atoms with Crippen molar-refractivity contribution in [1.82, 2.24) is 4.90 Å². The number of likely N-dealkylation sites (tertiary alicyclic amines) is 1.